The van der Waals surface area contributed by atoms with Crippen LogP contribution in [-0.2, 0) is 0 Å². The van der Waals surface area contributed by atoms with Crippen molar-refractivity contribution < 1.29 is 0 Å². The van der Waals surface area contributed by atoms with Crippen molar-refractivity contribution in [3.63, 3.8) is 0 Å². The van der Waals surface area contributed by atoms with Crippen LogP contribution in [-0.4, -0.2) is 16.0 Å². The van der Waals surface area contributed by atoms with Gasteiger partial charge in [-0.15, -0.1) is 0 Å². The highest BCUT2D eigenvalue weighted by Crippen LogP contribution is 2.26. The van der Waals surface area contributed by atoms with Crippen molar-refractivity contribution in [2.45, 2.75) is 33.7 Å². The van der Waals surface area contributed by atoms with E-state index in [9.17, 15) is 0 Å². The third kappa shape index (κ3) is 2.53. The zero-order valence-electron chi connectivity index (χ0n) is 11.4. The molecule has 0 aliphatic carbocycles. The van der Waals surface area contributed by atoms with Crippen LogP contribution in [0.25, 0.3) is 10.9 Å². The van der Waals surface area contributed by atoms with Crippen LogP contribution in [0.4, 0.5) is 11.5 Å². The van der Waals surface area contributed by atoms with Crippen LogP contribution in [0.2, 0.25) is 0 Å². The fourth-order valence-electron chi connectivity index (χ4n) is 1.61. The minimum atomic E-state index is 0.172. The van der Waals surface area contributed by atoms with Crippen LogP contribution in [0.15, 0.2) is 24.5 Å². The Morgan fingerprint density at radius 2 is 1.94 bits per heavy atom. The lowest BCUT2D eigenvalue weighted by Gasteiger charge is -2.28. The SMILES string of the molecule is CC(Nc1ncnc2cc(N)ccc12)C(C)(C)C. The summed E-state index contributed by atoms with van der Waals surface area (Å²) >= 11 is 0. The zero-order valence-corrected chi connectivity index (χ0v) is 11.4. The lowest BCUT2D eigenvalue weighted by molar-refractivity contribution is 0.359. The van der Waals surface area contributed by atoms with E-state index in [0.29, 0.717) is 6.04 Å². The summed E-state index contributed by atoms with van der Waals surface area (Å²) in [6.45, 7) is 8.76. The van der Waals surface area contributed by atoms with E-state index in [-0.39, 0.29) is 5.41 Å². The molecule has 1 heterocycles. The molecule has 4 heteroatoms. The van der Waals surface area contributed by atoms with Crippen molar-refractivity contribution in [1.29, 1.82) is 0 Å². The topological polar surface area (TPSA) is 63.8 Å². The van der Waals surface area contributed by atoms with Crippen molar-refractivity contribution in [2.75, 3.05) is 11.1 Å². The second kappa shape index (κ2) is 4.44. The summed E-state index contributed by atoms with van der Waals surface area (Å²) < 4.78 is 0. The average Bonchev–Trinajstić information content (AvgIpc) is 2.27. The quantitative estimate of drug-likeness (QED) is 0.797. The Hall–Kier alpha value is -1.84. The molecular formula is C14H20N4. The molecule has 1 unspecified atom stereocenters. The summed E-state index contributed by atoms with van der Waals surface area (Å²) in [4.78, 5) is 8.57. The lowest BCUT2D eigenvalue weighted by Crippen LogP contribution is -2.31. The van der Waals surface area contributed by atoms with Gasteiger partial charge in [0.1, 0.15) is 12.1 Å². The second-order valence-corrected chi connectivity index (χ2v) is 5.73. The Morgan fingerprint density at radius 1 is 1.22 bits per heavy atom. The Bertz CT molecular complexity index is 557. The molecule has 1 atom stereocenters. The maximum absolute atomic E-state index is 5.76. The third-order valence-electron chi connectivity index (χ3n) is 3.31. The molecule has 0 spiro atoms. The Balaban J connectivity index is 2.40. The van der Waals surface area contributed by atoms with Gasteiger partial charge in [0, 0.05) is 17.1 Å². The predicted octanol–water partition coefficient (Wildman–Crippen LogP) is 3.06. The number of nitrogens with one attached hydrogen (secondary N) is 1. The molecule has 0 saturated carbocycles. The van der Waals surface area contributed by atoms with Crippen molar-refractivity contribution >= 4 is 22.4 Å². The van der Waals surface area contributed by atoms with E-state index in [2.05, 4.69) is 43.0 Å². The molecule has 2 rings (SSSR count). The minimum Gasteiger partial charge on any atom is -0.399 e. The molecule has 0 radical (unpaired) electrons. The van der Waals surface area contributed by atoms with E-state index < -0.39 is 0 Å². The molecule has 1 aromatic heterocycles. The highest BCUT2D eigenvalue weighted by atomic mass is 15.0. The van der Waals surface area contributed by atoms with Crippen LogP contribution in [0.1, 0.15) is 27.7 Å². The summed E-state index contributed by atoms with van der Waals surface area (Å²) in [7, 11) is 0. The molecule has 0 amide bonds. The second-order valence-electron chi connectivity index (χ2n) is 5.73. The van der Waals surface area contributed by atoms with Gasteiger partial charge in [-0.05, 0) is 30.5 Å². The van der Waals surface area contributed by atoms with Gasteiger partial charge in [-0.25, -0.2) is 9.97 Å². The van der Waals surface area contributed by atoms with E-state index in [1.54, 1.807) is 6.33 Å². The maximum Gasteiger partial charge on any atom is 0.137 e. The first-order chi connectivity index (χ1) is 8.38. The number of aromatic nitrogens is 2. The summed E-state index contributed by atoms with van der Waals surface area (Å²) in [6, 6.07) is 6.01. The lowest BCUT2D eigenvalue weighted by atomic mass is 9.88. The number of benzene rings is 1. The van der Waals surface area contributed by atoms with E-state index >= 15 is 0 Å². The number of nitrogens with two attached hydrogens (primary N) is 1. The number of hydrogen-bond acceptors (Lipinski definition) is 4. The van der Waals surface area contributed by atoms with Gasteiger partial charge in [0.2, 0.25) is 0 Å². The fraction of sp³-hybridized carbons (Fsp3) is 0.429. The molecule has 2 aromatic rings. The van der Waals surface area contributed by atoms with Gasteiger partial charge in [-0.2, -0.15) is 0 Å². The monoisotopic (exact) mass is 244 g/mol. The van der Waals surface area contributed by atoms with Crippen molar-refractivity contribution in [3.8, 4) is 0 Å². The number of fused-ring (bicyclic) bond motifs is 1. The molecule has 0 aliphatic heterocycles. The van der Waals surface area contributed by atoms with Gasteiger partial charge in [-0.3, -0.25) is 0 Å². The standard InChI is InChI=1S/C14H20N4/c1-9(14(2,3)4)18-13-11-6-5-10(15)7-12(11)16-8-17-13/h5-9H,15H2,1-4H3,(H,16,17,18). The smallest absolute Gasteiger partial charge is 0.137 e. The molecule has 1 aromatic carbocycles. The van der Waals surface area contributed by atoms with Gasteiger partial charge < -0.3 is 11.1 Å². The van der Waals surface area contributed by atoms with Crippen molar-refractivity contribution in [1.82, 2.24) is 9.97 Å². The first-order valence-corrected chi connectivity index (χ1v) is 6.15. The first kappa shape index (κ1) is 12.6. The highest BCUT2D eigenvalue weighted by Gasteiger charge is 2.20. The van der Waals surface area contributed by atoms with Gasteiger partial charge in [0.15, 0.2) is 0 Å². The van der Waals surface area contributed by atoms with Crippen LogP contribution in [0, 0.1) is 5.41 Å². The number of rotatable bonds is 2. The molecule has 4 nitrogen and oxygen atoms in total. The van der Waals surface area contributed by atoms with E-state index in [1.165, 1.54) is 0 Å². The third-order valence-corrected chi connectivity index (χ3v) is 3.31. The van der Waals surface area contributed by atoms with Crippen LogP contribution < -0.4 is 11.1 Å². The van der Waals surface area contributed by atoms with E-state index in [0.717, 1.165) is 22.4 Å². The Labute approximate surface area is 108 Å². The molecule has 18 heavy (non-hydrogen) atoms. The maximum atomic E-state index is 5.76. The Kier molecular flexibility index (Phi) is 3.11. The predicted molar refractivity (Wildman–Crippen MR) is 76.5 cm³/mol. The van der Waals surface area contributed by atoms with Crippen molar-refractivity contribution in [2.24, 2.45) is 5.41 Å². The van der Waals surface area contributed by atoms with Crippen LogP contribution in [0.3, 0.4) is 0 Å². The van der Waals surface area contributed by atoms with E-state index in [4.69, 9.17) is 5.73 Å². The number of nitrogens with zero attached hydrogens (tertiary/aromatic N) is 2. The van der Waals surface area contributed by atoms with Gasteiger partial charge in [-0.1, -0.05) is 20.8 Å². The molecule has 0 saturated heterocycles. The molecular weight excluding hydrogens is 224 g/mol. The molecule has 3 N–H and O–H groups in total. The molecule has 96 valence electrons. The largest absolute Gasteiger partial charge is 0.399 e. The minimum absolute atomic E-state index is 0.172. The first-order valence-electron chi connectivity index (χ1n) is 6.15. The summed E-state index contributed by atoms with van der Waals surface area (Å²) in [5, 5.41) is 4.45. The van der Waals surface area contributed by atoms with Gasteiger partial charge in [0.05, 0.1) is 5.52 Å². The van der Waals surface area contributed by atoms with Gasteiger partial charge in [0.25, 0.3) is 0 Å². The Morgan fingerprint density at radius 3 is 2.61 bits per heavy atom. The average molecular weight is 244 g/mol. The van der Waals surface area contributed by atoms with E-state index in [1.807, 2.05) is 18.2 Å². The fourth-order valence-corrected chi connectivity index (χ4v) is 1.61. The number of nitrogen functional groups attached to an aromatic ring is 1. The highest BCUT2D eigenvalue weighted by molar-refractivity contribution is 5.90. The summed E-state index contributed by atoms with van der Waals surface area (Å²) in [5.74, 6) is 0.863. The zero-order chi connectivity index (χ0) is 13.3. The summed E-state index contributed by atoms with van der Waals surface area (Å²) in [5.41, 5.74) is 7.52. The molecule has 0 fully saturated rings. The molecule has 0 aliphatic rings. The van der Waals surface area contributed by atoms with Crippen molar-refractivity contribution in [3.05, 3.63) is 24.5 Å². The van der Waals surface area contributed by atoms with Gasteiger partial charge >= 0.3 is 0 Å². The summed E-state index contributed by atoms with van der Waals surface area (Å²) in [6.07, 6.45) is 1.57. The normalized spacial score (nSPS) is 13.6. The van der Waals surface area contributed by atoms with Crippen LogP contribution >= 0.6 is 0 Å². The van der Waals surface area contributed by atoms with Crippen LogP contribution in [0.5, 0.6) is 0 Å². The number of anilines is 2. The number of hydrogen-bond donors (Lipinski definition) is 2. The molecule has 0 bridgehead atoms.